The van der Waals surface area contributed by atoms with Crippen LogP contribution in [0.1, 0.15) is 31.8 Å². The van der Waals surface area contributed by atoms with Crippen LogP contribution in [0.2, 0.25) is 0 Å². The SMILES string of the molecule is COC(=O)c1ccc(-c2ccc3c(C(=O)O)c4ccccc4nc3c2)c(C)c1C. The molecule has 5 heteroatoms. The van der Waals surface area contributed by atoms with Gasteiger partial charge < -0.3 is 9.84 Å². The van der Waals surface area contributed by atoms with Crippen LogP contribution < -0.4 is 0 Å². The summed E-state index contributed by atoms with van der Waals surface area (Å²) in [4.78, 5) is 28.6. The topological polar surface area (TPSA) is 76.5 Å². The fourth-order valence-corrected chi connectivity index (χ4v) is 3.76. The molecular formula is C24H19NO4. The van der Waals surface area contributed by atoms with Crippen LogP contribution in [0.15, 0.2) is 54.6 Å². The third kappa shape index (κ3) is 3.01. The number of hydrogen-bond acceptors (Lipinski definition) is 4. The van der Waals surface area contributed by atoms with E-state index in [4.69, 9.17) is 4.74 Å². The van der Waals surface area contributed by atoms with Crippen LogP contribution in [0, 0.1) is 13.8 Å². The van der Waals surface area contributed by atoms with Gasteiger partial charge in [-0.15, -0.1) is 0 Å². The molecule has 144 valence electrons. The molecule has 0 unspecified atom stereocenters. The molecule has 5 nitrogen and oxygen atoms in total. The van der Waals surface area contributed by atoms with Crippen LogP contribution in [-0.4, -0.2) is 29.1 Å². The van der Waals surface area contributed by atoms with E-state index in [2.05, 4.69) is 4.98 Å². The molecule has 0 bridgehead atoms. The summed E-state index contributed by atoms with van der Waals surface area (Å²) in [5.41, 5.74) is 5.74. The summed E-state index contributed by atoms with van der Waals surface area (Å²) in [6, 6.07) is 16.5. The molecule has 4 rings (SSSR count). The van der Waals surface area contributed by atoms with Crippen LogP contribution in [0.3, 0.4) is 0 Å². The van der Waals surface area contributed by atoms with Crippen LogP contribution in [-0.2, 0) is 4.74 Å². The number of esters is 1. The van der Waals surface area contributed by atoms with Crippen LogP contribution in [0.25, 0.3) is 32.9 Å². The molecule has 1 N–H and O–H groups in total. The maximum Gasteiger partial charge on any atom is 0.338 e. The summed E-state index contributed by atoms with van der Waals surface area (Å²) in [5, 5.41) is 11.0. The Balaban J connectivity index is 1.95. The van der Waals surface area contributed by atoms with Crippen LogP contribution >= 0.6 is 0 Å². The van der Waals surface area contributed by atoms with E-state index in [0.717, 1.165) is 22.3 Å². The summed E-state index contributed by atoms with van der Waals surface area (Å²) >= 11 is 0. The predicted molar refractivity (Wildman–Crippen MR) is 112 cm³/mol. The molecule has 0 spiro atoms. The Kier molecular flexibility index (Phi) is 4.51. The highest BCUT2D eigenvalue weighted by atomic mass is 16.5. The van der Waals surface area contributed by atoms with Crippen molar-refractivity contribution in [3.05, 3.63) is 76.9 Å². The fourth-order valence-electron chi connectivity index (χ4n) is 3.76. The Morgan fingerprint density at radius 3 is 2.34 bits per heavy atom. The molecule has 1 aromatic heterocycles. The number of nitrogens with zero attached hydrogens (tertiary/aromatic N) is 1. The lowest BCUT2D eigenvalue weighted by Gasteiger charge is -2.14. The van der Waals surface area contributed by atoms with Gasteiger partial charge in [-0.3, -0.25) is 0 Å². The number of carboxylic acid groups (broad SMARTS) is 1. The number of carboxylic acids is 1. The zero-order chi connectivity index (χ0) is 20.7. The molecule has 0 saturated heterocycles. The van der Waals surface area contributed by atoms with Gasteiger partial charge in [-0.05, 0) is 54.3 Å². The molecular weight excluding hydrogens is 366 g/mol. The van der Waals surface area contributed by atoms with E-state index in [1.807, 2.05) is 50.2 Å². The number of methoxy groups -OCH3 is 1. The second-order valence-electron chi connectivity index (χ2n) is 6.94. The summed E-state index contributed by atoms with van der Waals surface area (Å²) in [6.07, 6.45) is 0. The van der Waals surface area contributed by atoms with E-state index < -0.39 is 5.97 Å². The molecule has 29 heavy (non-hydrogen) atoms. The minimum absolute atomic E-state index is 0.256. The molecule has 1 heterocycles. The number of rotatable bonds is 3. The Hall–Kier alpha value is -3.73. The Morgan fingerprint density at radius 1 is 0.897 bits per heavy atom. The lowest BCUT2D eigenvalue weighted by molar-refractivity contribution is 0.0599. The molecule has 0 aliphatic rings. The van der Waals surface area contributed by atoms with Crippen LogP contribution in [0.4, 0.5) is 0 Å². The first-order valence-corrected chi connectivity index (χ1v) is 9.17. The number of pyridine rings is 1. The quantitative estimate of drug-likeness (QED) is 0.389. The van der Waals surface area contributed by atoms with E-state index in [9.17, 15) is 14.7 Å². The number of benzene rings is 3. The molecule has 0 atom stereocenters. The Labute approximate surface area is 167 Å². The number of para-hydroxylation sites is 1. The predicted octanol–water partition coefficient (Wildman–Crippen LogP) is 5.16. The van der Waals surface area contributed by atoms with Gasteiger partial charge in [0, 0.05) is 10.8 Å². The fraction of sp³-hybridized carbons (Fsp3) is 0.125. The highest BCUT2D eigenvalue weighted by molar-refractivity contribution is 6.14. The van der Waals surface area contributed by atoms with Crippen molar-refractivity contribution in [2.45, 2.75) is 13.8 Å². The van der Waals surface area contributed by atoms with Crippen molar-refractivity contribution in [1.82, 2.24) is 4.98 Å². The van der Waals surface area contributed by atoms with Crippen molar-refractivity contribution in [2.24, 2.45) is 0 Å². The molecule has 0 amide bonds. The number of aromatic nitrogens is 1. The normalized spacial score (nSPS) is 11.0. The van der Waals surface area contributed by atoms with Gasteiger partial charge in [0.05, 0.1) is 29.3 Å². The van der Waals surface area contributed by atoms with Crippen molar-refractivity contribution in [3.63, 3.8) is 0 Å². The van der Waals surface area contributed by atoms with Gasteiger partial charge in [0.15, 0.2) is 0 Å². The van der Waals surface area contributed by atoms with Crippen molar-refractivity contribution in [2.75, 3.05) is 7.11 Å². The monoisotopic (exact) mass is 385 g/mol. The highest BCUT2D eigenvalue weighted by Gasteiger charge is 2.17. The Bertz CT molecular complexity index is 1310. The van der Waals surface area contributed by atoms with Crippen LogP contribution in [0.5, 0.6) is 0 Å². The van der Waals surface area contributed by atoms with Crippen molar-refractivity contribution in [1.29, 1.82) is 0 Å². The standard InChI is InChI=1S/C24H19NO4/c1-13-14(2)17(24(28)29-3)11-10-16(13)15-8-9-19-21(12-15)25-20-7-5-4-6-18(20)22(19)23(26)27/h4-12H,1-3H3,(H,26,27). The van der Waals surface area contributed by atoms with Gasteiger partial charge in [-0.1, -0.05) is 36.4 Å². The number of carbonyl (C=O) groups is 2. The Morgan fingerprint density at radius 2 is 1.62 bits per heavy atom. The molecule has 4 aromatic rings. The van der Waals surface area contributed by atoms with E-state index >= 15 is 0 Å². The number of carbonyl (C=O) groups excluding carboxylic acids is 1. The average Bonchev–Trinajstić information content (AvgIpc) is 2.72. The molecule has 0 radical (unpaired) electrons. The van der Waals surface area contributed by atoms with Gasteiger partial charge in [0.25, 0.3) is 0 Å². The molecule has 3 aromatic carbocycles. The van der Waals surface area contributed by atoms with Gasteiger partial charge >= 0.3 is 11.9 Å². The highest BCUT2D eigenvalue weighted by Crippen LogP contribution is 2.32. The molecule has 0 aliphatic carbocycles. The second-order valence-corrected chi connectivity index (χ2v) is 6.94. The van der Waals surface area contributed by atoms with Crippen molar-refractivity contribution >= 4 is 33.7 Å². The second kappa shape index (κ2) is 7.02. The number of aromatic carboxylic acids is 1. The first kappa shape index (κ1) is 18.6. The summed E-state index contributed by atoms with van der Waals surface area (Å²) in [5.74, 6) is -1.34. The largest absolute Gasteiger partial charge is 0.478 e. The van der Waals surface area contributed by atoms with E-state index in [1.54, 1.807) is 18.2 Å². The summed E-state index contributed by atoms with van der Waals surface area (Å²) < 4.78 is 4.85. The van der Waals surface area contributed by atoms with Gasteiger partial charge in [-0.25, -0.2) is 14.6 Å². The zero-order valence-electron chi connectivity index (χ0n) is 16.3. The van der Waals surface area contributed by atoms with E-state index in [-0.39, 0.29) is 11.5 Å². The first-order chi connectivity index (χ1) is 13.9. The third-order valence-corrected chi connectivity index (χ3v) is 5.40. The maximum atomic E-state index is 11.9. The zero-order valence-corrected chi connectivity index (χ0v) is 16.3. The van der Waals surface area contributed by atoms with E-state index in [1.165, 1.54) is 7.11 Å². The van der Waals surface area contributed by atoms with Crippen molar-refractivity contribution < 1.29 is 19.4 Å². The lowest BCUT2D eigenvalue weighted by atomic mass is 9.92. The smallest absolute Gasteiger partial charge is 0.338 e. The van der Waals surface area contributed by atoms with E-state index in [0.29, 0.717) is 27.4 Å². The number of fused-ring (bicyclic) bond motifs is 2. The minimum Gasteiger partial charge on any atom is -0.478 e. The maximum absolute atomic E-state index is 11.9. The minimum atomic E-state index is -0.976. The van der Waals surface area contributed by atoms with Gasteiger partial charge in [0.2, 0.25) is 0 Å². The van der Waals surface area contributed by atoms with Gasteiger partial charge in [-0.2, -0.15) is 0 Å². The summed E-state index contributed by atoms with van der Waals surface area (Å²) in [7, 11) is 1.37. The number of ether oxygens (including phenoxy) is 1. The van der Waals surface area contributed by atoms with Gasteiger partial charge in [0.1, 0.15) is 0 Å². The summed E-state index contributed by atoms with van der Waals surface area (Å²) in [6.45, 7) is 3.85. The lowest BCUT2D eigenvalue weighted by Crippen LogP contribution is -2.05. The molecule has 0 fully saturated rings. The molecule has 0 aliphatic heterocycles. The number of hydrogen-bond donors (Lipinski definition) is 1. The van der Waals surface area contributed by atoms with Crippen molar-refractivity contribution in [3.8, 4) is 11.1 Å². The third-order valence-electron chi connectivity index (χ3n) is 5.40. The first-order valence-electron chi connectivity index (χ1n) is 9.17. The average molecular weight is 385 g/mol. The molecule has 0 saturated carbocycles.